The summed E-state index contributed by atoms with van der Waals surface area (Å²) >= 11 is 0. The molecule has 4 rings (SSSR count). The minimum atomic E-state index is -0.531. The van der Waals surface area contributed by atoms with Crippen molar-refractivity contribution in [2.24, 2.45) is 5.92 Å². The van der Waals surface area contributed by atoms with E-state index < -0.39 is 17.7 Å². The van der Waals surface area contributed by atoms with Gasteiger partial charge in [0.25, 0.3) is 0 Å². The van der Waals surface area contributed by atoms with Gasteiger partial charge in [0.2, 0.25) is 0 Å². The molecule has 7 heteroatoms. The topological polar surface area (TPSA) is 48.0 Å². The summed E-state index contributed by atoms with van der Waals surface area (Å²) in [5, 5.41) is 0. The molecule has 0 aromatic heterocycles. The quantitative estimate of drug-likeness (QED) is 0.351. The molecule has 196 valence electrons. The van der Waals surface area contributed by atoms with Crippen LogP contribution >= 0.6 is 0 Å². The molecule has 0 spiro atoms. The highest BCUT2D eigenvalue weighted by molar-refractivity contribution is 5.99. The maximum Gasteiger partial charge on any atom is 0.167 e. The van der Waals surface area contributed by atoms with E-state index in [1.54, 1.807) is 57.5 Å². The lowest BCUT2D eigenvalue weighted by molar-refractivity contribution is 0.0661. The van der Waals surface area contributed by atoms with Crippen molar-refractivity contribution in [3.05, 3.63) is 94.6 Å². The minimum absolute atomic E-state index is 0.0740. The summed E-state index contributed by atoms with van der Waals surface area (Å²) in [5.41, 5.74) is 2.40. The summed E-state index contributed by atoms with van der Waals surface area (Å²) in [6, 6.07) is 16.9. The first kappa shape index (κ1) is 26.8. The second-order valence-corrected chi connectivity index (χ2v) is 9.40. The normalized spacial score (nSPS) is 20.0. The van der Waals surface area contributed by atoms with Crippen LogP contribution in [-0.4, -0.2) is 58.3 Å². The van der Waals surface area contributed by atoms with E-state index in [0.717, 1.165) is 5.56 Å². The molecular formula is C30H33F2NO4. The fourth-order valence-electron chi connectivity index (χ4n) is 5.52. The number of halogens is 2. The lowest BCUT2D eigenvalue weighted by Gasteiger charge is -2.44. The molecule has 3 atom stereocenters. The van der Waals surface area contributed by atoms with Crippen LogP contribution in [0.4, 0.5) is 8.78 Å². The first-order chi connectivity index (χ1) is 17.9. The van der Waals surface area contributed by atoms with E-state index in [0.29, 0.717) is 48.7 Å². The SMILES string of the molecule is COCCN1C[C@H](C(=O)c2cccc(OC)c2)[C@H](c2cccc(F)c2C)[C@@H](c2cccc(F)c2OC)C1. The van der Waals surface area contributed by atoms with Crippen LogP contribution in [0.25, 0.3) is 0 Å². The second kappa shape index (κ2) is 11.8. The Bertz CT molecular complexity index is 1250. The summed E-state index contributed by atoms with van der Waals surface area (Å²) in [7, 11) is 4.63. The molecule has 1 heterocycles. The number of carbonyl (C=O) groups is 1. The van der Waals surface area contributed by atoms with Gasteiger partial charge in [-0.3, -0.25) is 9.69 Å². The van der Waals surface area contributed by atoms with Crippen LogP contribution in [0.1, 0.15) is 38.9 Å². The molecule has 0 unspecified atom stereocenters. The molecule has 0 radical (unpaired) electrons. The molecule has 1 saturated heterocycles. The van der Waals surface area contributed by atoms with Gasteiger partial charge in [0.05, 0.1) is 20.8 Å². The number of hydrogen-bond donors (Lipinski definition) is 0. The Morgan fingerprint density at radius 1 is 0.919 bits per heavy atom. The summed E-state index contributed by atoms with van der Waals surface area (Å²) < 4.78 is 45.9. The summed E-state index contributed by atoms with van der Waals surface area (Å²) in [5.74, 6) is -1.44. The minimum Gasteiger partial charge on any atom is -0.497 e. The third-order valence-corrected chi connectivity index (χ3v) is 7.35. The van der Waals surface area contributed by atoms with Crippen LogP contribution in [0.15, 0.2) is 60.7 Å². The summed E-state index contributed by atoms with van der Waals surface area (Å²) in [4.78, 5) is 16.3. The highest BCUT2D eigenvalue weighted by Gasteiger charge is 2.44. The van der Waals surface area contributed by atoms with Gasteiger partial charge in [-0.2, -0.15) is 0 Å². The number of likely N-dealkylation sites (tertiary alicyclic amines) is 1. The number of Topliss-reactive ketones (excluding diaryl/α,β-unsaturated/α-hetero) is 1. The lowest BCUT2D eigenvalue weighted by Crippen LogP contribution is -2.48. The predicted octanol–water partition coefficient (Wildman–Crippen LogP) is 5.62. The zero-order chi connectivity index (χ0) is 26.5. The zero-order valence-electron chi connectivity index (χ0n) is 21.7. The van der Waals surface area contributed by atoms with Crippen LogP contribution in [-0.2, 0) is 4.74 Å². The van der Waals surface area contributed by atoms with Crippen molar-refractivity contribution in [3.63, 3.8) is 0 Å². The molecular weight excluding hydrogens is 476 g/mol. The van der Waals surface area contributed by atoms with E-state index in [2.05, 4.69) is 4.90 Å². The smallest absolute Gasteiger partial charge is 0.167 e. The van der Waals surface area contributed by atoms with Gasteiger partial charge in [-0.15, -0.1) is 0 Å². The van der Waals surface area contributed by atoms with Gasteiger partial charge in [-0.25, -0.2) is 8.78 Å². The Labute approximate surface area is 217 Å². The molecule has 1 aliphatic rings. The molecule has 3 aromatic rings. The Morgan fingerprint density at radius 2 is 1.62 bits per heavy atom. The average molecular weight is 510 g/mol. The number of ether oxygens (including phenoxy) is 3. The molecule has 0 amide bonds. The van der Waals surface area contributed by atoms with Crippen molar-refractivity contribution < 1.29 is 27.8 Å². The standard InChI is InChI=1S/C30H33F2NO4/c1-19-22(10-6-12-26(19)31)28-24(23-11-7-13-27(32)30(23)37-4)17-33(14-15-35-2)18-25(28)29(34)20-8-5-9-21(16-20)36-3/h5-13,16,24-25,28H,14-15,17-18H2,1-4H3/t24-,25+,28-/m1/s1. The van der Waals surface area contributed by atoms with Crippen LogP contribution < -0.4 is 9.47 Å². The van der Waals surface area contributed by atoms with Gasteiger partial charge < -0.3 is 14.2 Å². The number of rotatable bonds is 9. The maximum absolute atomic E-state index is 14.9. The van der Waals surface area contributed by atoms with Crippen LogP contribution in [0.5, 0.6) is 11.5 Å². The number of benzene rings is 3. The number of carbonyl (C=O) groups excluding carboxylic acids is 1. The number of piperidine rings is 1. The maximum atomic E-state index is 14.9. The van der Waals surface area contributed by atoms with Crippen molar-refractivity contribution in [3.8, 4) is 11.5 Å². The molecule has 0 saturated carbocycles. The molecule has 3 aromatic carbocycles. The van der Waals surface area contributed by atoms with E-state index in [4.69, 9.17) is 14.2 Å². The van der Waals surface area contributed by atoms with E-state index >= 15 is 0 Å². The van der Waals surface area contributed by atoms with Crippen molar-refractivity contribution in [2.75, 3.05) is 47.6 Å². The molecule has 5 nitrogen and oxygen atoms in total. The van der Waals surface area contributed by atoms with E-state index in [1.807, 2.05) is 12.1 Å². The van der Waals surface area contributed by atoms with Crippen LogP contribution in [0.3, 0.4) is 0 Å². The predicted molar refractivity (Wildman–Crippen MR) is 139 cm³/mol. The van der Waals surface area contributed by atoms with E-state index in [1.165, 1.54) is 19.2 Å². The number of methoxy groups -OCH3 is 3. The molecule has 1 fully saturated rings. The van der Waals surface area contributed by atoms with Gasteiger partial charge in [-0.1, -0.05) is 36.4 Å². The van der Waals surface area contributed by atoms with Crippen molar-refractivity contribution >= 4 is 5.78 Å². The Balaban J connectivity index is 1.91. The highest BCUT2D eigenvalue weighted by atomic mass is 19.1. The van der Waals surface area contributed by atoms with Gasteiger partial charge in [0.15, 0.2) is 17.3 Å². The fourth-order valence-corrected chi connectivity index (χ4v) is 5.52. The monoisotopic (exact) mass is 509 g/mol. The summed E-state index contributed by atoms with van der Waals surface area (Å²) in [6.07, 6.45) is 0. The largest absolute Gasteiger partial charge is 0.497 e. The molecule has 0 bridgehead atoms. The molecule has 0 aliphatic carbocycles. The fraction of sp³-hybridized carbons (Fsp3) is 0.367. The van der Waals surface area contributed by atoms with Crippen molar-refractivity contribution in [2.45, 2.75) is 18.8 Å². The second-order valence-electron chi connectivity index (χ2n) is 9.40. The third-order valence-electron chi connectivity index (χ3n) is 7.35. The number of hydrogen-bond acceptors (Lipinski definition) is 5. The number of nitrogens with zero attached hydrogens (tertiary/aromatic N) is 1. The van der Waals surface area contributed by atoms with Crippen LogP contribution in [0, 0.1) is 24.5 Å². The summed E-state index contributed by atoms with van der Waals surface area (Å²) in [6.45, 7) is 3.80. The van der Waals surface area contributed by atoms with Gasteiger partial charge in [0.1, 0.15) is 11.6 Å². The van der Waals surface area contributed by atoms with Crippen molar-refractivity contribution in [1.82, 2.24) is 4.90 Å². The molecule has 1 aliphatic heterocycles. The Kier molecular flexibility index (Phi) is 8.56. The van der Waals surface area contributed by atoms with Crippen molar-refractivity contribution in [1.29, 1.82) is 0 Å². The molecule has 0 N–H and O–H groups in total. The first-order valence-corrected chi connectivity index (χ1v) is 12.4. The molecule has 37 heavy (non-hydrogen) atoms. The lowest BCUT2D eigenvalue weighted by atomic mass is 9.67. The number of para-hydroxylation sites is 1. The third kappa shape index (κ3) is 5.53. The zero-order valence-corrected chi connectivity index (χ0v) is 21.7. The van der Waals surface area contributed by atoms with Crippen LogP contribution in [0.2, 0.25) is 0 Å². The van der Waals surface area contributed by atoms with E-state index in [9.17, 15) is 13.6 Å². The number of ketones is 1. The Morgan fingerprint density at radius 3 is 2.32 bits per heavy atom. The first-order valence-electron chi connectivity index (χ1n) is 12.4. The average Bonchev–Trinajstić information content (AvgIpc) is 2.92. The van der Waals surface area contributed by atoms with Gasteiger partial charge in [0, 0.05) is 55.6 Å². The Hall–Kier alpha value is -3.29. The highest BCUT2D eigenvalue weighted by Crippen LogP contribution is 2.48. The van der Waals surface area contributed by atoms with E-state index in [-0.39, 0.29) is 23.3 Å². The van der Waals surface area contributed by atoms with Gasteiger partial charge >= 0.3 is 0 Å². The van der Waals surface area contributed by atoms with Gasteiger partial charge in [-0.05, 0) is 42.3 Å².